The number of hydrogen-bond acceptors (Lipinski definition) is 7. The zero-order valence-corrected chi connectivity index (χ0v) is 19.2. The van der Waals surface area contributed by atoms with Gasteiger partial charge in [-0.25, -0.2) is 21.1 Å². The first kappa shape index (κ1) is 23.9. The normalized spacial score (nSPS) is 21.5. The molecule has 2 saturated heterocycles. The Morgan fingerprint density at radius 3 is 2.42 bits per heavy atom. The lowest BCUT2D eigenvalue weighted by Crippen LogP contribution is -2.45. The molecule has 1 aromatic carbocycles. The van der Waals surface area contributed by atoms with Crippen LogP contribution in [0.5, 0.6) is 5.75 Å². The molecule has 1 aromatic rings. The summed E-state index contributed by atoms with van der Waals surface area (Å²) in [4.78, 5) is 12.5. The van der Waals surface area contributed by atoms with Gasteiger partial charge in [0.15, 0.2) is 0 Å². The molecule has 0 aromatic heterocycles. The van der Waals surface area contributed by atoms with E-state index in [4.69, 9.17) is 9.47 Å². The number of benzene rings is 1. The first-order valence-corrected chi connectivity index (χ1v) is 13.5. The van der Waals surface area contributed by atoms with E-state index in [-0.39, 0.29) is 36.4 Å². The van der Waals surface area contributed by atoms with Crippen molar-refractivity contribution in [3.63, 3.8) is 0 Å². The van der Waals surface area contributed by atoms with E-state index in [2.05, 4.69) is 5.32 Å². The summed E-state index contributed by atoms with van der Waals surface area (Å²) in [6, 6.07) is 6.17. The Labute approximate surface area is 183 Å². The molecule has 12 heteroatoms. The first-order valence-electron chi connectivity index (χ1n) is 10.2. The van der Waals surface area contributed by atoms with Gasteiger partial charge in [-0.3, -0.25) is 4.79 Å². The number of ether oxygens (including phenoxy) is 2. The molecule has 3 rings (SSSR count). The van der Waals surface area contributed by atoms with Gasteiger partial charge in [-0.05, 0) is 37.1 Å². The molecule has 1 N–H and O–H groups in total. The third-order valence-corrected chi connectivity index (χ3v) is 8.51. The fourth-order valence-electron chi connectivity index (χ4n) is 3.59. The van der Waals surface area contributed by atoms with Crippen molar-refractivity contribution in [1.29, 1.82) is 0 Å². The van der Waals surface area contributed by atoms with Crippen molar-refractivity contribution >= 4 is 26.0 Å². The third-order valence-electron chi connectivity index (χ3n) is 5.33. The summed E-state index contributed by atoms with van der Waals surface area (Å²) >= 11 is 0. The Kier molecular flexibility index (Phi) is 7.92. The summed E-state index contributed by atoms with van der Waals surface area (Å²) in [5, 5.41) is 2.77. The average Bonchev–Trinajstić information content (AvgIpc) is 2.77. The van der Waals surface area contributed by atoms with Crippen molar-refractivity contribution in [1.82, 2.24) is 13.9 Å². The maximum Gasteiger partial charge on any atom is 0.243 e. The molecule has 0 spiro atoms. The summed E-state index contributed by atoms with van der Waals surface area (Å²) in [5.41, 5.74) is 0. The fraction of sp³-hybridized carbons (Fsp3) is 0.632. The van der Waals surface area contributed by atoms with Crippen molar-refractivity contribution in [2.45, 2.75) is 17.7 Å². The highest BCUT2D eigenvalue weighted by Crippen LogP contribution is 2.21. The minimum Gasteiger partial charge on any atom is -0.492 e. The van der Waals surface area contributed by atoms with Crippen molar-refractivity contribution < 1.29 is 31.1 Å². The Balaban J connectivity index is 1.44. The predicted molar refractivity (Wildman–Crippen MR) is 114 cm³/mol. The van der Waals surface area contributed by atoms with Crippen LogP contribution in [0.15, 0.2) is 29.2 Å². The van der Waals surface area contributed by atoms with Crippen LogP contribution in [0, 0.1) is 5.92 Å². The summed E-state index contributed by atoms with van der Waals surface area (Å²) in [6.45, 7) is 2.57. The molecule has 2 heterocycles. The fourth-order valence-corrected chi connectivity index (χ4v) is 5.91. The highest BCUT2D eigenvalue weighted by molar-refractivity contribution is 7.89. The number of nitrogens with zero attached hydrogens (tertiary/aromatic N) is 2. The van der Waals surface area contributed by atoms with Crippen LogP contribution >= 0.6 is 0 Å². The molecule has 2 fully saturated rings. The lowest BCUT2D eigenvalue weighted by atomic mass is 9.99. The van der Waals surface area contributed by atoms with Gasteiger partial charge >= 0.3 is 0 Å². The minimum absolute atomic E-state index is 0.191. The standard InChI is InChI=1S/C19H29N3O7S2/c1-30(24,25)22-9-2-3-16(15-22)19(23)20-8-12-29-17-4-6-18(7-5-17)31(26,27)21-10-13-28-14-11-21/h4-7,16H,2-3,8-15H2,1H3,(H,20,23). The van der Waals surface area contributed by atoms with E-state index in [9.17, 15) is 21.6 Å². The second-order valence-corrected chi connectivity index (χ2v) is 11.5. The number of rotatable bonds is 8. The molecule has 1 unspecified atom stereocenters. The van der Waals surface area contributed by atoms with E-state index in [0.717, 1.165) is 6.26 Å². The molecular weight excluding hydrogens is 446 g/mol. The van der Waals surface area contributed by atoms with Crippen LogP contribution in [-0.4, -0.2) is 90.2 Å². The van der Waals surface area contributed by atoms with Gasteiger partial charge in [0.1, 0.15) is 12.4 Å². The van der Waals surface area contributed by atoms with Crippen LogP contribution in [0.3, 0.4) is 0 Å². The van der Waals surface area contributed by atoms with Gasteiger partial charge in [0.05, 0.1) is 36.8 Å². The summed E-state index contributed by atoms with van der Waals surface area (Å²) in [5.74, 6) is -0.0619. The molecule has 2 aliphatic heterocycles. The van der Waals surface area contributed by atoms with Crippen molar-refractivity contribution in [2.24, 2.45) is 5.92 Å². The number of hydrogen-bond donors (Lipinski definition) is 1. The van der Waals surface area contributed by atoms with Gasteiger partial charge in [0.2, 0.25) is 26.0 Å². The molecule has 1 amide bonds. The van der Waals surface area contributed by atoms with Crippen LogP contribution in [0.25, 0.3) is 0 Å². The Hall–Kier alpha value is -1.73. The van der Waals surface area contributed by atoms with Gasteiger partial charge in [0, 0.05) is 26.2 Å². The van der Waals surface area contributed by atoms with Gasteiger partial charge in [-0.15, -0.1) is 0 Å². The average molecular weight is 476 g/mol. The van der Waals surface area contributed by atoms with E-state index in [1.807, 2.05) is 0 Å². The second-order valence-electron chi connectivity index (χ2n) is 7.59. The quantitative estimate of drug-likeness (QED) is 0.520. The predicted octanol–water partition coefficient (Wildman–Crippen LogP) is -0.126. The topological polar surface area (TPSA) is 122 Å². The van der Waals surface area contributed by atoms with Crippen LogP contribution in [0.4, 0.5) is 0 Å². The van der Waals surface area contributed by atoms with Gasteiger partial charge < -0.3 is 14.8 Å². The number of carbonyl (C=O) groups is 1. The molecule has 31 heavy (non-hydrogen) atoms. The molecule has 10 nitrogen and oxygen atoms in total. The van der Waals surface area contributed by atoms with Crippen molar-refractivity contribution in [3.05, 3.63) is 24.3 Å². The largest absolute Gasteiger partial charge is 0.492 e. The van der Waals surface area contributed by atoms with Crippen LogP contribution < -0.4 is 10.1 Å². The second kappa shape index (κ2) is 10.3. The maximum absolute atomic E-state index is 12.6. The zero-order chi connectivity index (χ0) is 22.5. The molecule has 0 aliphatic carbocycles. The van der Waals surface area contributed by atoms with Gasteiger partial charge in [-0.1, -0.05) is 0 Å². The smallest absolute Gasteiger partial charge is 0.243 e. The summed E-state index contributed by atoms with van der Waals surface area (Å²) in [6.07, 6.45) is 2.46. The van der Waals surface area contributed by atoms with Gasteiger partial charge in [0.25, 0.3) is 0 Å². The highest BCUT2D eigenvalue weighted by Gasteiger charge is 2.30. The Morgan fingerprint density at radius 1 is 1.10 bits per heavy atom. The van der Waals surface area contributed by atoms with Gasteiger partial charge in [-0.2, -0.15) is 4.31 Å². The number of sulfonamides is 2. The molecular formula is C19H29N3O7S2. The monoisotopic (exact) mass is 475 g/mol. The lowest BCUT2D eigenvalue weighted by molar-refractivity contribution is -0.126. The highest BCUT2D eigenvalue weighted by atomic mass is 32.2. The van der Waals surface area contributed by atoms with E-state index in [1.54, 1.807) is 12.1 Å². The number of morpholine rings is 1. The molecule has 0 saturated carbocycles. The molecule has 0 bridgehead atoms. The molecule has 2 aliphatic rings. The summed E-state index contributed by atoms with van der Waals surface area (Å²) < 4.78 is 62.1. The van der Waals surface area contributed by atoms with E-state index in [1.165, 1.54) is 20.7 Å². The first-order chi connectivity index (χ1) is 14.7. The molecule has 174 valence electrons. The minimum atomic E-state index is -3.55. The van der Waals surface area contributed by atoms with E-state index in [0.29, 0.717) is 51.4 Å². The number of piperidine rings is 1. The number of amides is 1. The van der Waals surface area contributed by atoms with E-state index < -0.39 is 20.0 Å². The zero-order valence-electron chi connectivity index (χ0n) is 17.5. The summed E-state index contributed by atoms with van der Waals surface area (Å²) in [7, 11) is -6.85. The molecule has 0 radical (unpaired) electrons. The van der Waals surface area contributed by atoms with Crippen LogP contribution in [0.2, 0.25) is 0 Å². The van der Waals surface area contributed by atoms with Crippen molar-refractivity contribution in [2.75, 3.05) is 58.8 Å². The van der Waals surface area contributed by atoms with E-state index >= 15 is 0 Å². The SMILES string of the molecule is CS(=O)(=O)N1CCCC(C(=O)NCCOc2ccc(S(=O)(=O)N3CCOCC3)cc2)C1. The van der Waals surface area contributed by atoms with Crippen LogP contribution in [-0.2, 0) is 29.6 Å². The molecule has 1 atom stereocenters. The lowest BCUT2D eigenvalue weighted by Gasteiger charge is -2.30. The van der Waals surface area contributed by atoms with Crippen LogP contribution in [0.1, 0.15) is 12.8 Å². The Morgan fingerprint density at radius 2 is 1.77 bits per heavy atom. The maximum atomic E-state index is 12.6. The number of nitrogens with one attached hydrogen (secondary N) is 1. The Bertz CT molecular complexity index is 959. The third kappa shape index (κ3) is 6.39. The number of carbonyl (C=O) groups excluding carboxylic acids is 1. The van der Waals surface area contributed by atoms with Crippen molar-refractivity contribution in [3.8, 4) is 5.75 Å².